The van der Waals surface area contributed by atoms with Crippen LogP contribution in [-0.4, -0.2) is 47.8 Å². The molecule has 5 rings (SSSR count). The zero-order valence-corrected chi connectivity index (χ0v) is 19.8. The molecule has 1 N–H and O–H groups in total. The van der Waals surface area contributed by atoms with Gasteiger partial charge in [0.05, 0.1) is 5.56 Å². The summed E-state index contributed by atoms with van der Waals surface area (Å²) in [5, 5.41) is 3.06. The van der Waals surface area contributed by atoms with Gasteiger partial charge < -0.3 is 19.9 Å². The molecular weight excluding hydrogens is 424 g/mol. The van der Waals surface area contributed by atoms with Crippen molar-refractivity contribution in [3.8, 4) is 11.5 Å². The average Bonchev–Trinajstić information content (AvgIpc) is 3.18. The van der Waals surface area contributed by atoms with Crippen molar-refractivity contribution in [3.63, 3.8) is 0 Å². The molecule has 3 aromatic rings. The number of carbonyl (C=O) groups excluding carboxylic acids is 1. The molecule has 0 unspecified atom stereocenters. The molecule has 1 fully saturated rings. The zero-order valence-electron chi connectivity index (χ0n) is 19.8. The zero-order chi connectivity index (χ0) is 23.5. The molecular formula is C28H30N4O2. The third-order valence-electron chi connectivity index (χ3n) is 6.31. The minimum Gasteiger partial charge on any atom is -0.454 e. The van der Waals surface area contributed by atoms with Gasteiger partial charge in [-0.3, -0.25) is 0 Å². The van der Waals surface area contributed by atoms with Gasteiger partial charge in [0, 0.05) is 32.7 Å². The van der Waals surface area contributed by atoms with Gasteiger partial charge in [-0.05, 0) is 55.7 Å². The monoisotopic (exact) mass is 454 g/mol. The van der Waals surface area contributed by atoms with Gasteiger partial charge in [0.1, 0.15) is 17.3 Å². The van der Waals surface area contributed by atoms with E-state index in [4.69, 9.17) is 9.73 Å². The third-order valence-corrected chi connectivity index (χ3v) is 6.31. The molecule has 6 heteroatoms. The normalized spacial score (nSPS) is 15.3. The smallest absolute Gasteiger partial charge is 0.317 e. The largest absolute Gasteiger partial charge is 0.454 e. The van der Waals surface area contributed by atoms with Crippen LogP contribution in [0.15, 0.2) is 71.7 Å². The Morgan fingerprint density at radius 1 is 0.912 bits per heavy atom. The number of hydrogen-bond donors (Lipinski definition) is 1. The molecule has 1 saturated heterocycles. The van der Waals surface area contributed by atoms with Gasteiger partial charge in [-0.2, -0.15) is 0 Å². The summed E-state index contributed by atoms with van der Waals surface area (Å²) < 4.78 is 6.31. The third kappa shape index (κ3) is 4.76. The highest BCUT2D eigenvalue weighted by Gasteiger charge is 2.26. The fourth-order valence-corrected chi connectivity index (χ4v) is 4.45. The fraction of sp³-hybridized carbons (Fsp3) is 0.286. The second-order valence-electron chi connectivity index (χ2n) is 8.98. The molecule has 3 aromatic carbocycles. The Balaban J connectivity index is 1.36. The van der Waals surface area contributed by atoms with Crippen LogP contribution in [0.1, 0.15) is 28.7 Å². The van der Waals surface area contributed by atoms with Crippen LogP contribution in [0.5, 0.6) is 11.5 Å². The number of benzene rings is 3. The molecule has 0 bridgehead atoms. The first-order chi connectivity index (χ1) is 16.6. The van der Waals surface area contributed by atoms with Crippen molar-refractivity contribution in [2.75, 3.05) is 26.2 Å². The maximum Gasteiger partial charge on any atom is 0.317 e. The van der Waals surface area contributed by atoms with E-state index in [1.807, 2.05) is 53.4 Å². The van der Waals surface area contributed by atoms with E-state index in [1.165, 1.54) is 0 Å². The maximum absolute atomic E-state index is 12.8. The van der Waals surface area contributed by atoms with Crippen LogP contribution >= 0.6 is 0 Å². The summed E-state index contributed by atoms with van der Waals surface area (Å²) in [6.07, 6.45) is 0.876. The molecule has 34 heavy (non-hydrogen) atoms. The number of hydrogen-bond acceptors (Lipinski definition) is 4. The number of ether oxygens (including phenoxy) is 1. The van der Waals surface area contributed by atoms with Crippen molar-refractivity contribution >= 4 is 17.6 Å². The quantitative estimate of drug-likeness (QED) is 0.564. The lowest BCUT2D eigenvalue weighted by Gasteiger charge is -2.25. The Bertz CT molecular complexity index is 1220. The summed E-state index contributed by atoms with van der Waals surface area (Å²) >= 11 is 0. The second-order valence-corrected chi connectivity index (χ2v) is 8.98. The molecule has 6 nitrogen and oxygen atoms in total. The molecule has 0 atom stereocenters. The summed E-state index contributed by atoms with van der Waals surface area (Å²) in [6.45, 7) is 7.58. The molecule has 2 amide bonds. The molecule has 2 heterocycles. The minimum atomic E-state index is -0.0195. The molecule has 0 aromatic heterocycles. The van der Waals surface area contributed by atoms with E-state index < -0.39 is 0 Å². The standard InChI is InChI=1S/C28H30N4O2/c1-20-10-12-25-23(17-20)27(30-24-11-9-21(2)18-26(24)34-25)31-13-6-14-32(16-15-31)28(33)29-19-22-7-4-3-5-8-22/h3-5,7-12,17-18H,6,13-16,19H2,1-2H3,(H,29,33). The summed E-state index contributed by atoms with van der Waals surface area (Å²) in [7, 11) is 0. The fourth-order valence-electron chi connectivity index (χ4n) is 4.45. The van der Waals surface area contributed by atoms with Crippen molar-refractivity contribution in [1.82, 2.24) is 15.1 Å². The van der Waals surface area contributed by atoms with Crippen molar-refractivity contribution in [3.05, 3.63) is 89.0 Å². The highest BCUT2D eigenvalue weighted by atomic mass is 16.5. The van der Waals surface area contributed by atoms with Crippen molar-refractivity contribution < 1.29 is 9.53 Å². The summed E-state index contributed by atoms with van der Waals surface area (Å²) in [4.78, 5) is 22.1. The van der Waals surface area contributed by atoms with E-state index in [2.05, 4.69) is 42.3 Å². The van der Waals surface area contributed by atoms with Crippen LogP contribution < -0.4 is 10.1 Å². The van der Waals surface area contributed by atoms with E-state index in [0.717, 1.165) is 64.8 Å². The number of amides is 2. The molecule has 2 aliphatic heterocycles. The van der Waals surface area contributed by atoms with Gasteiger partial charge in [0.15, 0.2) is 5.75 Å². The van der Waals surface area contributed by atoms with Crippen LogP contribution in [0.2, 0.25) is 0 Å². The lowest BCUT2D eigenvalue weighted by atomic mass is 10.1. The van der Waals surface area contributed by atoms with Crippen LogP contribution in [0.3, 0.4) is 0 Å². The van der Waals surface area contributed by atoms with Crippen LogP contribution in [-0.2, 0) is 6.54 Å². The number of rotatable bonds is 2. The van der Waals surface area contributed by atoms with Gasteiger partial charge in [0.25, 0.3) is 0 Å². The van der Waals surface area contributed by atoms with Gasteiger partial charge in [0.2, 0.25) is 0 Å². The molecule has 0 aliphatic carbocycles. The Labute approximate surface area is 200 Å². The lowest BCUT2D eigenvalue weighted by molar-refractivity contribution is 0.200. The van der Waals surface area contributed by atoms with Gasteiger partial charge in [-0.15, -0.1) is 0 Å². The SMILES string of the molecule is Cc1ccc2c(c1)Oc1ccc(C)cc1C(N1CCCN(C(=O)NCc3ccccc3)CC1)=N2. The van der Waals surface area contributed by atoms with Gasteiger partial charge >= 0.3 is 6.03 Å². The Morgan fingerprint density at radius 2 is 1.71 bits per heavy atom. The number of aliphatic imine (C=N–C) groups is 1. The maximum atomic E-state index is 12.8. The number of carbonyl (C=O) groups is 1. The highest BCUT2D eigenvalue weighted by molar-refractivity contribution is 6.04. The second kappa shape index (κ2) is 9.59. The van der Waals surface area contributed by atoms with E-state index in [1.54, 1.807) is 0 Å². The highest BCUT2D eigenvalue weighted by Crippen LogP contribution is 2.39. The van der Waals surface area contributed by atoms with E-state index in [0.29, 0.717) is 19.6 Å². The Kier molecular flexibility index (Phi) is 6.21. The van der Waals surface area contributed by atoms with Crippen molar-refractivity contribution in [2.24, 2.45) is 4.99 Å². The first-order valence-corrected chi connectivity index (χ1v) is 11.9. The molecule has 0 spiro atoms. The van der Waals surface area contributed by atoms with Crippen LogP contribution in [0.25, 0.3) is 0 Å². The van der Waals surface area contributed by atoms with Gasteiger partial charge in [-0.25, -0.2) is 9.79 Å². The van der Waals surface area contributed by atoms with Crippen LogP contribution in [0.4, 0.5) is 10.5 Å². The predicted molar refractivity (Wildman–Crippen MR) is 135 cm³/mol. The van der Waals surface area contributed by atoms with Gasteiger partial charge in [-0.1, -0.05) is 48.0 Å². The number of amidine groups is 1. The van der Waals surface area contributed by atoms with Crippen molar-refractivity contribution in [1.29, 1.82) is 0 Å². The van der Waals surface area contributed by atoms with Crippen LogP contribution in [0, 0.1) is 13.8 Å². The minimum absolute atomic E-state index is 0.0195. The van der Waals surface area contributed by atoms with E-state index in [9.17, 15) is 4.79 Å². The predicted octanol–water partition coefficient (Wildman–Crippen LogP) is 5.40. The van der Waals surface area contributed by atoms with E-state index in [-0.39, 0.29) is 6.03 Å². The number of nitrogens with one attached hydrogen (secondary N) is 1. The molecule has 2 aliphatic rings. The summed E-state index contributed by atoms with van der Waals surface area (Å²) in [5.41, 5.74) is 5.22. The Morgan fingerprint density at radius 3 is 2.56 bits per heavy atom. The topological polar surface area (TPSA) is 57.2 Å². The number of fused-ring (bicyclic) bond motifs is 2. The van der Waals surface area contributed by atoms with Crippen molar-refractivity contribution in [2.45, 2.75) is 26.8 Å². The molecule has 0 radical (unpaired) electrons. The first-order valence-electron chi connectivity index (χ1n) is 11.9. The average molecular weight is 455 g/mol. The van der Waals surface area contributed by atoms with E-state index >= 15 is 0 Å². The summed E-state index contributed by atoms with van der Waals surface area (Å²) in [5.74, 6) is 2.50. The molecule has 0 saturated carbocycles. The Hall–Kier alpha value is -3.80. The lowest BCUT2D eigenvalue weighted by Crippen LogP contribution is -2.42. The first kappa shape index (κ1) is 22.0. The number of nitrogens with zero attached hydrogens (tertiary/aromatic N) is 3. The number of urea groups is 1. The number of aryl methyl sites for hydroxylation is 2. The summed E-state index contributed by atoms with van der Waals surface area (Å²) in [6, 6.07) is 22.3. The molecule has 174 valence electrons.